The number of fused-ring (bicyclic) bond motifs is 1. The fourth-order valence-electron chi connectivity index (χ4n) is 4.34. The average molecular weight is 448 g/mol. The van der Waals surface area contributed by atoms with Crippen molar-refractivity contribution in [1.29, 1.82) is 0 Å². The van der Waals surface area contributed by atoms with Gasteiger partial charge in [-0.2, -0.15) is 5.10 Å². The summed E-state index contributed by atoms with van der Waals surface area (Å²) in [6.07, 6.45) is 2.45. The van der Waals surface area contributed by atoms with E-state index in [-0.39, 0.29) is 23.2 Å². The lowest BCUT2D eigenvalue weighted by Crippen LogP contribution is -2.41. The number of benzene rings is 2. The lowest BCUT2D eigenvalue weighted by atomic mass is 9.87. The van der Waals surface area contributed by atoms with E-state index in [0.717, 1.165) is 29.5 Å². The van der Waals surface area contributed by atoms with Crippen molar-refractivity contribution >= 4 is 5.91 Å². The Kier molecular flexibility index (Phi) is 6.77. The highest BCUT2D eigenvalue weighted by atomic mass is 16.5. The maximum absolute atomic E-state index is 13.7. The molecule has 1 aliphatic heterocycles. The maximum atomic E-state index is 13.7. The zero-order valence-electron chi connectivity index (χ0n) is 19.3. The van der Waals surface area contributed by atoms with Crippen molar-refractivity contribution in [3.8, 4) is 11.5 Å². The summed E-state index contributed by atoms with van der Waals surface area (Å²) in [5.74, 6) is 1.10. The summed E-state index contributed by atoms with van der Waals surface area (Å²) < 4.78 is 12.4. The molecule has 0 radical (unpaired) electrons. The van der Waals surface area contributed by atoms with Gasteiger partial charge in [0.05, 0.1) is 20.3 Å². The number of ether oxygens (including phenoxy) is 2. The van der Waals surface area contributed by atoms with Gasteiger partial charge < -0.3 is 14.4 Å². The van der Waals surface area contributed by atoms with E-state index >= 15 is 0 Å². The van der Waals surface area contributed by atoms with Gasteiger partial charge in [0.1, 0.15) is 5.69 Å². The number of aromatic nitrogens is 2. The normalized spacial score (nSPS) is 15.1. The number of carbonyl (C=O) groups is 1. The van der Waals surface area contributed by atoms with Crippen molar-refractivity contribution in [3.63, 3.8) is 0 Å². The lowest BCUT2D eigenvalue weighted by molar-refractivity contribution is 0.0685. The zero-order valence-corrected chi connectivity index (χ0v) is 19.3. The topological polar surface area (TPSA) is 73.7 Å². The molecule has 1 atom stereocenters. The number of carbonyl (C=O) groups excluding carboxylic acids is 1. The van der Waals surface area contributed by atoms with Crippen molar-refractivity contribution in [3.05, 3.63) is 87.3 Å². The molecule has 0 saturated heterocycles. The molecule has 0 bridgehead atoms. The van der Waals surface area contributed by atoms with Crippen molar-refractivity contribution < 1.29 is 14.3 Å². The molecule has 7 heteroatoms. The predicted octanol–water partition coefficient (Wildman–Crippen LogP) is 3.85. The summed E-state index contributed by atoms with van der Waals surface area (Å²) in [5.41, 5.74) is 3.19. The number of nitrogens with zero attached hydrogens (tertiary/aromatic N) is 3. The molecule has 33 heavy (non-hydrogen) atoms. The Balaban J connectivity index is 1.79. The van der Waals surface area contributed by atoms with Gasteiger partial charge in [-0.3, -0.25) is 9.59 Å². The Morgan fingerprint density at radius 2 is 1.79 bits per heavy atom. The fraction of sp³-hybridized carbons (Fsp3) is 0.346. The number of aryl methyl sites for hydroxylation is 1. The van der Waals surface area contributed by atoms with E-state index in [1.807, 2.05) is 47.4 Å². The summed E-state index contributed by atoms with van der Waals surface area (Å²) in [6, 6.07) is 16.5. The highest BCUT2D eigenvalue weighted by Gasteiger charge is 2.34. The molecule has 0 saturated carbocycles. The van der Waals surface area contributed by atoms with Gasteiger partial charge in [0, 0.05) is 19.2 Å². The molecule has 1 aliphatic rings. The third-order valence-electron chi connectivity index (χ3n) is 6.06. The van der Waals surface area contributed by atoms with Gasteiger partial charge >= 0.3 is 0 Å². The molecule has 172 valence electrons. The smallest absolute Gasteiger partial charge is 0.275 e. The lowest BCUT2D eigenvalue weighted by Gasteiger charge is -2.38. The van der Waals surface area contributed by atoms with E-state index < -0.39 is 0 Å². The third-order valence-corrected chi connectivity index (χ3v) is 6.06. The molecule has 1 unspecified atom stereocenters. The van der Waals surface area contributed by atoms with Gasteiger partial charge in [-0.25, -0.2) is 4.68 Å². The summed E-state index contributed by atoms with van der Waals surface area (Å²) in [6.45, 7) is 3.08. The van der Waals surface area contributed by atoms with Gasteiger partial charge in [-0.1, -0.05) is 43.7 Å². The van der Waals surface area contributed by atoms with Gasteiger partial charge in [-0.15, -0.1) is 0 Å². The van der Waals surface area contributed by atoms with E-state index in [1.54, 1.807) is 14.2 Å². The van der Waals surface area contributed by atoms with Gasteiger partial charge in [0.25, 0.3) is 11.5 Å². The number of rotatable bonds is 7. The first kappa shape index (κ1) is 22.6. The number of hydrogen-bond acceptors (Lipinski definition) is 5. The van der Waals surface area contributed by atoms with Crippen LogP contribution in [0.25, 0.3) is 0 Å². The molecule has 2 aromatic carbocycles. The van der Waals surface area contributed by atoms with Crippen LogP contribution in [-0.2, 0) is 13.0 Å². The highest BCUT2D eigenvalue weighted by molar-refractivity contribution is 5.93. The minimum absolute atomic E-state index is 0.194. The number of unbranched alkanes of at least 4 members (excludes halogenated alkanes) is 1. The van der Waals surface area contributed by atoms with Gasteiger partial charge in [-0.05, 0) is 47.7 Å². The molecule has 1 aromatic heterocycles. The minimum atomic E-state index is -0.305. The standard InChI is InChI=1S/C26H29N3O4/c1-4-5-14-29-24(30)12-11-21(27-29)26(31)28-15-13-19-16-22(32-2)23(33-3)17-20(19)25(28)18-9-7-6-8-10-18/h6-12,16-17,25H,4-5,13-15H2,1-3H3. The predicted molar refractivity (Wildman–Crippen MR) is 126 cm³/mol. The van der Waals surface area contributed by atoms with E-state index in [9.17, 15) is 9.59 Å². The molecule has 2 heterocycles. The molecule has 0 spiro atoms. The molecule has 0 N–H and O–H groups in total. The van der Waals surface area contributed by atoms with Crippen LogP contribution in [-0.4, -0.2) is 41.4 Å². The van der Waals surface area contributed by atoms with Crippen molar-refractivity contribution in [2.45, 2.75) is 38.8 Å². The largest absolute Gasteiger partial charge is 0.493 e. The van der Waals surface area contributed by atoms with E-state index in [2.05, 4.69) is 12.0 Å². The Bertz CT molecular complexity index is 1190. The van der Waals surface area contributed by atoms with Gasteiger partial charge in [0.15, 0.2) is 11.5 Å². The molecule has 0 aliphatic carbocycles. The SMILES string of the molecule is CCCCn1nc(C(=O)N2CCc3cc(OC)c(OC)cc3C2c2ccccc2)ccc1=O. The van der Waals surface area contributed by atoms with Crippen LogP contribution < -0.4 is 15.0 Å². The first-order chi connectivity index (χ1) is 16.1. The molecular formula is C26H29N3O4. The second-order valence-electron chi connectivity index (χ2n) is 8.10. The van der Waals surface area contributed by atoms with Crippen LogP contribution in [0, 0.1) is 0 Å². The Labute approximate surface area is 193 Å². The van der Waals surface area contributed by atoms with Crippen LogP contribution in [0.1, 0.15) is 53.0 Å². The Morgan fingerprint density at radius 3 is 2.48 bits per heavy atom. The molecule has 3 aromatic rings. The van der Waals surface area contributed by atoms with Crippen molar-refractivity contribution in [2.24, 2.45) is 0 Å². The number of hydrogen-bond donors (Lipinski definition) is 0. The summed E-state index contributed by atoms with van der Waals surface area (Å²) in [5, 5.41) is 4.40. The summed E-state index contributed by atoms with van der Waals surface area (Å²) in [7, 11) is 3.23. The minimum Gasteiger partial charge on any atom is -0.493 e. The van der Waals surface area contributed by atoms with Crippen LogP contribution in [0.4, 0.5) is 0 Å². The molecular weight excluding hydrogens is 418 g/mol. The van der Waals surface area contributed by atoms with E-state index in [4.69, 9.17) is 9.47 Å². The average Bonchev–Trinajstić information content (AvgIpc) is 2.86. The van der Waals surface area contributed by atoms with Crippen LogP contribution in [0.2, 0.25) is 0 Å². The fourth-order valence-corrected chi connectivity index (χ4v) is 4.34. The monoisotopic (exact) mass is 447 g/mol. The van der Waals surface area contributed by atoms with Crippen LogP contribution >= 0.6 is 0 Å². The highest BCUT2D eigenvalue weighted by Crippen LogP contribution is 2.41. The summed E-state index contributed by atoms with van der Waals surface area (Å²) in [4.78, 5) is 27.7. The Hall–Kier alpha value is -3.61. The second kappa shape index (κ2) is 9.90. The first-order valence-electron chi connectivity index (χ1n) is 11.3. The first-order valence-corrected chi connectivity index (χ1v) is 11.3. The van der Waals surface area contributed by atoms with Crippen LogP contribution in [0.3, 0.4) is 0 Å². The van der Waals surface area contributed by atoms with E-state index in [1.165, 1.54) is 16.8 Å². The maximum Gasteiger partial charge on any atom is 0.275 e. The molecule has 4 rings (SSSR count). The summed E-state index contributed by atoms with van der Waals surface area (Å²) >= 11 is 0. The zero-order chi connectivity index (χ0) is 23.4. The quantitative estimate of drug-likeness (QED) is 0.550. The third kappa shape index (κ3) is 4.49. The molecule has 0 fully saturated rings. The van der Waals surface area contributed by atoms with Crippen LogP contribution in [0.15, 0.2) is 59.4 Å². The van der Waals surface area contributed by atoms with E-state index in [0.29, 0.717) is 31.0 Å². The van der Waals surface area contributed by atoms with Crippen molar-refractivity contribution in [1.82, 2.24) is 14.7 Å². The second-order valence-corrected chi connectivity index (χ2v) is 8.10. The van der Waals surface area contributed by atoms with Gasteiger partial charge in [0.2, 0.25) is 0 Å². The Morgan fingerprint density at radius 1 is 1.06 bits per heavy atom. The van der Waals surface area contributed by atoms with Crippen LogP contribution in [0.5, 0.6) is 11.5 Å². The molecule has 7 nitrogen and oxygen atoms in total. The van der Waals surface area contributed by atoms with Crippen molar-refractivity contribution in [2.75, 3.05) is 20.8 Å². The number of methoxy groups -OCH3 is 2. The number of amides is 1. The molecule has 1 amide bonds.